The van der Waals surface area contributed by atoms with Crippen LogP contribution >= 0.6 is 0 Å². The van der Waals surface area contributed by atoms with Crippen molar-refractivity contribution >= 4 is 15.9 Å². The molecule has 0 aliphatic heterocycles. The van der Waals surface area contributed by atoms with Crippen molar-refractivity contribution in [2.24, 2.45) is 0 Å². The second kappa shape index (κ2) is 8.81. The molecule has 0 atom stereocenters. The highest BCUT2D eigenvalue weighted by atomic mass is 32.2. The number of hydrogen-bond donors (Lipinski definition) is 2. The van der Waals surface area contributed by atoms with Crippen LogP contribution in [0.1, 0.15) is 46.9 Å². The van der Waals surface area contributed by atoms with Crippen molar-refractivity contribution in [3.05, 3.63) is 77.1 Å². The highest BCUT2D eigenvalue weighted by Gasteiger charge is 2.21. The van der Waals surface area contributed by atoms with E-state index in [1.807, 2.05) is 45.0 Å². The topological polar surface area (TPSA) is 93.1 Å². The standard InChI is InChI=1S/C22H26N4O3S/c1-15(2)21-20(14-25-26(21)18-9-5-16(3)6-10-18)22(27)24-13-17-7-11-19(12-8-17)30(28,29)23-4/h5-12,14-15,23H,13H2,1-4H3,(H,24,27). The minimum absolute atomic E-state index is 0.0978. The number of aromatic nitrogens is 2. The molecule has 0 fully saturated rings. The van der Waals surface area contributed by atoms with Crippen molar-refractivity contribution in [1.82, 2.24) is 19.8 Å². The number of carbonyl (C=O) groups excluding carboxylic acids is 1. The van der Waals surface area contributed by atoms with Crippen LogP contribution in [0.2, 0.25) is 0 Å². The summed E-state index contributed by atoms with van der Waals surface area (Å²) in [6.45, 7) is 6.36. The van der Waals surface area contributed by atoms with Gasteiger partial charge in [0.15, 0.2) is 0 Å². The predicted molar refractivity (Wildman–Crippen MR) is 116 cm³/mol. The average molecular weight is 427 g/mol. The minimum Gasteiger partial charge on any atom is -0.348 e. The molecule has 2 N–H and O–H groups in total. The molecule has 0 aliphatic carbocycles. The number of carbonyl (C=O) groups is 1. The van der Waals surface area contributed by atoms with Crippen LogP contribution in [0.3, 0.4) is 0 Å². The molecular formula is C22H26N4O3S. The van der Waals surface area contributed by atoms with Crippen LogP contribution in [0.15, 0.2) is 59.6 Å². The maximum Gasteiger partial charge on any atom is 0.255 e. The van der Waals surface area contributed by atoms with Crippen molar-refractivity contribution in [3.8, 4) is 5.69 Å². The smallest absolute Gasteiger partial charge is 0.255 e. The Kier molecular flexibility index (Phi) is 6.38. The first-order chi connectivity index (χ1) is 14.2. The number of nitrogens with one attached hydrogen (secondary N) is 2. The van der Waals surface area contributed by atoms with Gasteiger partial charge in [0, 0.05) is 6.54 Å². The predicted octanol–water partition coefficient (Wildman–Crippen LogP) is 3.14. The Morgan fingerprint density at radius 1 is 1.07 bits per heavy atom. The van der Waals surface area contributed by atoms with E-state index in [-0.39, 0.29) is 23.3 Å². The van der Waals surface area contributed by atoms with Crippen LogP contribution in [0.5, 0.6) is 0 Å². The van der Waals surface area contributed by atoms with Gasteiger partial charge in [0.1, 0.15) is 0 Å². The third-order valence-electron chi connectivity index (χ3n) is 4.83. The van der Waals surface area contributed by atoms with Gasteiger partial charge >= 0.3 is 0 Å². The Morgan fingerprint density at radius 2 is 1.70 bits per heavy atom. The summed E-state index contributed by atoms with van der Waals surface area (Å²) in [6, 6.07) is 14.4. The third kappa shape index (κ3) is 4.60. The molecule has 0 spiro atoms. The van der Waals surface area contributed by atoms with Gasteiger partial charge in [-0.25, -0.2) is 17.8 Å². The van der Waals surface area contributed by atoms with Crippen LogP contribution in [0.4, 0.5) is 0 Å². The van der Waals surface area contributed by atoms with Crippen molar-refractivity contribution in [3.63, 3.8) is 0 Å². The zero-order valence-electron chi connectivity index (χ0n) is 17.5. The molecule has 7 nitrogen and oxygen atoms in total. The van der Waals surface area contributed by atoms with Gasteiger partial charge in [0.05, 0.1) is 28.0 Å². The lowest BCUT2D eigenvalue weighted by molar-refractivity contribution is 0.0949. The summed E-state index contributed by atoms with van der Waals surface area (Å²) in [6.07, 6.45) is 1.59. The van der Waals surface area contributed by atoms with Crippen molar-refractivity contribution < 1.29 is 13.2 Å². The van der Waals surface area contributed by atoms with E-state index in [4.69, 9.17) is 0 Å². The van der Waals surface area contributed by atoms with Gasteiger partial charge in [0.2, 0.25) is 10.0 Å². The molecule has 30 heavy (non-hydrogen) atoms. The fraction of sp³-hybridized carbons (Fsp3) is 0.273. The molecule has 1 amide bonds. The number of benzene rings is 2. The zero-order valence-corrected chi connectivity index (χ0v) is 18.3. The highest BCUT2D eigenvalue weighted by Crippen LogP contribution is 2.23. The Bertz CT molecular complexity index is 1130. The van der Waals surface area contributed by atoms with Crippen LogP contribution in [-0.4, -0.2) is 31.2 Å². The van der Waals surface area contributed by atoms with Gasteiger partial charge in [-0.3, -0.25) is 4.79 Å². The summed E-state index contributed by atoms with van der Waals surface area (Å²) in [5, 5.41) is 7.34. The van der Waals surface area contributed by atoms with Crippen molar-refractivity contribution in [2.45, 2.75) is 38.1 Å². The van der Waals surface area contributed by atoms with Gasteiger partial charge in [0.25, 0.3) is 5.91 Å². The SMILES string of the molecule is CNS(=O)(=O)c1ccc(CNC(=O)c2cnn(-c3ccc(C)cc3)c2C(C)C)cc1. The quantitative estimate of drug-likeness (QED) is 0.607. The third-order valence-corrected chi connectivity index (χ3v) is 6.26. The van der Waals surface area contributed by atoms with Gasteiger partial charge in [-0.05, 0) is 49.7 Å². The van der Waals surface area contributed by atoms with Crippen molar-refractivity contribution in [2.75, 3.05) is 7.05 Å². The fourth-order valence-corrected chi connectivity index (χ4v) is 3.89. The maximum absolute atomic E-state index is 12.8. The molecule has 0 bridgehead atoms. The molecule has 3 rings (SSSR count). The lowest BCUT2D eigenvalue weighted by Crippen LogP contribution is -2.24. The Morgan fingerprint density at radius 3 is 2.27 bits per heavy atom. The Labute approximate surface area is 177 Å². The number of amides is 1. The Balaban J connectivity index is 1.78. The first-order valence-electron chi connectivity index (χ1n) is 9.68. The summed E-state index contributed by atoms with van der Waals surface area (Å²) in [4.78, 5) is 13.0. The monoisotopic (exact) mass is 426 g/mol. The van der Waals surface area contributed by atoms with Crippen LogP contribution in [0.25, 0.3) is 5.69 Å². The summed E-state index contributed by atoms with van der Waals surface area (Å²) in [7, 11) is -2.11. The summed E-state index contributed by atoms with van der Waals surface area (Å²) < 4.78 is 27.7. The summed E-state index contributed by atoms with van der Waals surface area (Å²) in [5.74, 6) is -0.121. The fourth-order valence-electron chi connectivity index (χ4n) is 3.16. The largest absolute Gasteiger partial charge is 0.348 e. The molecule has 0 aliphatic rings. The van der Waals surface area contributed by atoms with Gasteiger partial charge in [-0.1, -0.05) is 43.7 Å². The van der Waals surface area contributed by atoms with Gasteiger partial charge in [-0.15, -0.1) is 0 Å². The van der Waals surface area contributed by atoms with Crippen molar-refractivity contribution in [1.29, 1.82) is 0 Å². The molecule has 0 saturated heterocycles. The van der Waals surface area contributed by atoms with E-state index in [2.05, 4.69) is 15.1 Å². The number of sulfonamides is 1. The first-order valence-corrected chi connectivity index (χ1v) is 11.2. The molecule has 0 saturated carbocycles. The number of rotatable bonds is 7. The van der Waals surface area contributed by atoms with Crippen LogP contribution in [0, 0.1) is 6.92 Å². The molecule has 158 valence electrons. The molecule has 1 heterocycles. The second-order valence-electron chi connectivity index (χ2n) is 7.38. The lowest BCUT2D eigenvalue weighted by atomic mass is 10.0. The van der Waals surface area contributed by atoms with E-state index in [1.54, 1.807) is 23.0 Å². The summed E-state index contributed by atoms with van der Waals surface area (Å²) in [5.41, 5.74) is 4.23. The van der Waals surface area contributed by atoms with Crippen LogP contribution < -0.4 is 10.0 Å². The Hall–Kier alpha value is -2.97. The molecular weight excluding hydrogens is 400 g/mol. The molecule has 2 aromatic carbocycles. The number of hydrogen-bond acceptors (Lipinski definition) is 4. The van der Waals surface area contributed by atoms with Crippen LogP contribution in [-0.2, 0) is 16.6 Å². The average Bonchev–Trinajstić information content (AvgIpc) is 3.18. The molecule has 1 aromatic heterocycles. The molecule has 0 radical (unpaired) electrons. The second-order valence-corrected chi connectivity index (χ2v) is 9.27. The van der Waals surface area contributed by atoms with E-state index in [0.717, 1.165) is 22.5 Å². The molecule has 3 aromatic rings. The highest BCUT2D eigenvalue weighted by molar-refractivity contribution is 7.89. The number of nitrogens with zero attached hydrogens (tertiary/aromatic N) is 2. The molecule has 8 heteroatoms. The normalized spacial score (nSPS) is 11.6. The number of aryl methyl sites for hydroxylation is 1. The van der Waals surface area contributed by atoms with Gasteiger partial charge in [-0.2, -0.15) is 5.10 Å². The van der Waals surface area contributed by atoms with E-state index in [0.29, 0.717) is 5.56 Å². The maximum atomic E-state index is 12.8. The minimum atomic E-state index is -3.48. The summed E-state index contributed by atoms with van der Waals surface area (Å²) >= 11 is 0. The first kappa shape index (κ1) is 21.7. The molecule has 0 unspecified atom stereocenters. The zero-order chi connectivity index (χ0) is 21.9. The van der Waals surface area contributed by atoms with E-state index in [1.165, 1.54) is 19.2 Å². The van der Waals surface area contributed by atoms with E-state index >= 15 is 0 Å². The van der Waals surface area contributed by atoms with E-state index in [9.17, 15) is 13.2 Å². The van der Waals surface area contributed by atoms with E-state index < -0.39 is 10.0 Å². The van der Waals surface area contributed by atoms with Gasteiger partial charge < -0.3 is 5.32 Å². The lowest BCUT2D eigenvalue weighted by Gasteiger charge is -2.13.